The van der Waals surface area contributed by atoms with E-state index < -0.39 is 17.4 Å². The molecule has 1 aliphatic rings. The minimum Gasteiger partial charge on any atom is -0.462 e. The summed E-state index contributed by atoms with van der Waals surface area (Å²) < 4.78 is 18.6. The number of carbonyl (C=O) groups is 2. The summed E-state index contributed by atoms with van der Waals surface area (Å²) in [6, 6.07) is 8.70. The summed E-state index contributed by atoms with van der Waals surface area (Å²) in [5.74, 6) is -0.126. The van der Waals surface area contributed by atoms with Gasteiger partial charge in [0.15, 0.2) is 10.8 Å². The molecule has 0 radical (unpaired) electrons. The number of hydrogen-bond donors (Lipinski definition) is 1. The lowest BCUT2D eigenvalue weighted by atomic mass is 9.87. The summed E-state index contributed by atoms with van der Waals surface area (Å²) in [5, 5.41) is 5.26. The third-order valence-corrected chi connectivity index (χ3v) is 5.55. The monoisotopic (exact) mass is 385 g/mol. The van der Waals surface area contributed by atoms with Crippen LogP contribution in [0, 0.1) is 5.82 Å². The number of urea groups is 1. The molecule has 1 atom stereocenters. The minimum atomic E-state index is -1.19. The first-order valence-corrected chi connectivity index (χ1v) is 9.30. The quantitative estimate of drug-likeness (QED) is 0.676. The molecule has 0 aliphatic carbocycles. The van der Waals surface area contributed by atoms with Crippen molar-refractivity contribution in [3.8, 4) is 10.8 Å². The highest BCUT2D eigenvalue weighted by Crippen LogP contribution is 2.34. The maximum atomic E-state index is 13.3. The fourth-order valence-electron chi connectivity index (χ4n) is 3.20. The van der Waals surface area contributed by atoms with E-state index in [9.17, 15) is 14.0 Å². The van der Waals surface area contributed by atoms with Gasteiger partial charge in [-0.25, -0.2) is 14.2 Å². The fourth-order valence-corrected chi connectivity index (χ4v) is 3.98. The Balaban J connectivity index is 1.60. The third kappa shape index (κ3) is 2.91. The van der Waals surface area contributed by atoms with Gasteiger partial charge < -0.3 is 9.73 Å². The van der Waals surface area contributed by atoms with Crippen LogP contribution in [0.5, 0.6) is 0 Å². The molecule has 3 amide bonds. The number of carbonyl (C=O) groups excluding carboxylic acids is 2. The highest BCUT2D eigenvalue weighted by molar-refractivity contribution is 7.13. The number of furan rings is 1. The van der Waals surface area contributed by atoms with E-state index in [0.717, 1.165) is 4.90 Å². The number of nitrogens with one attached hydrogen (secondary N) is 1. The maximum Gasteiger partial charge on any atom is 0.325 e. The van der Waals surface area contributed by atoms with Crippen molar-refractivity contribution in [2.45, 2.75) is 25.4 Å². The summed E-state index contributed by atoms with van der Waals surface area (Å²) in [6.07, 6.45) is 1.92. The van der Waals surface area contributed by atoms with Gasteiger partial charge >= 0.3 is 6.03 Å². The van der Waals surface area contributed by atoms with Crippen molar-refractivity contribution in [3.63, 3.8) is 0 Å². The second-order valence-electron chi connectivity index (χ2n) is 6.21. The van der Waals surface area contributed by atoms with Crippen molar-refractivity contribution in [1.82, 2.24) is 15.2 Å². The van der Waals surface area contributed by atoms with Crippen molar-refractivity contribution >= 4 is 23.3 Å². The van der Waals surface area contributed by atoms with E-state index in [1.807, 2.05) is 6.92 Å². The van der Waals surface area contributed by atoms with E-state index in [0.29, 0.717) is 28.4 Å². The molecule has 1 aliphatic heterocycles. The Kier molecular flexibility index (Phi) is 4.27. The average Bonchev–Trinajstić information content (AvgIpc) is 3.39. The zero-order chi connectivity index (χ0) is 19.0. The molecule has 27 heavy (non-hydrogen) atoms. The van der Waals surface area contributed by atoms with Gasteiger partial charge in [0, 0.05) is 5.38 Å². The zero-order valence-electron chi connectivity index (χ0n) is 14.4. The largest absolute Gasteiger partial charge is 0.462 e. The first-order valence-electron chi connectivity index (χ1n) is 8.42. The van der Waals surface area contributed by atoms with Crippen LogP contribution >= 0.6 is 11.3 Å². The molecule has 6 nitrogen and oxygen atoms in total. The van der Waals surface area contributed by atoms with Gasteiger partial charge in [0.05, 0.1) is 18.5 Å². The second kappa shape index (κ2) is 6.62. The number of aromatic nitrogens is 1. The molecule has 0 bridgehead atoms. The number of benzene rings is 1. The summed E-state index contributed by atoms with van der Waals surface area (Å²) >= 11 is 1.38. The Hall–Kier alpha value is -3.00. The Morgan fingerprint density at radius 1 is 1.26 bits per heavy atom. The molecule has 1 fully saturated rings. The van der Waals surface area contributed by atoms with Gasteiger partial charge in [-0.05, 0) is 36.2 Å². The zero-order valence-corrected chi connectivity index (χ0v) is 15.3. The summed E-state index contributed by atoms with van der Waals surface area (Å²) in [4.78, 5) is 31.2. The Labute approximate surface area is 158 Å². The van der Waals surface area contributed by atoms with Crippen molar-refractivity contribution in [3.05, 3.63) is 65.1 Å². The molecule has 3 aromatic rings. The number of hydrogen-bond acceptors (Lipinski definition) is 5. The number of amides is 3. The molecule has 3 heterocycles. The van der Waals surface area contributed by atoms with Crippen LogP contribution in [0.2, 0.25) is 0 Å². The molecular formula is C19H16FN3O3S. The van der Waals surface area contributed by atoms with Gasteiger partial charge in [-0.1, -0.05) is 19.1 Å². The Bertz CT molecular complexity index is 984. The molecule has 4 rings (SSSR count). The highest BCUT2D eigenvalue weighted by Gasteiger charge is 2.51. The van der Waals surface area contributed by atoms with Gasteiger partial charge in [0.2, 0.25) is 0 Å². The van der Waals surface area contributed by atoms with Crippen LogP contribution < -0.4 is 5.32 Å². The van der Waals surface area contributed by atoms with Gasteiger partial charge in [0.25, 0.3) is 5.91 Å². The number of rotatable bonds is 5. The molecular weight excluding hydrogens is 369 g/mol. The van der Waals surface area contributed by atoms with Crippen molar-refractivity contribution in [2.24, 2.45) is 0 Å². The predicted octanol–water partition coefficient (Wildman–Crippen LogP) is 3.90. The molecule has 138 valence electrons. The summed E-state index contributed by atoms with van der Waals surface area (Å²) in [6.45, 7) is 1.87. The lowest BCUT2D eigenvalue weighted by molar-refractivity contribution is -0.132. The van der Waals surface area contributed by atoms with E-state index in [2.05, 4.69) is 10.3 Å². The standard InChI is InChI=1S/C19H16FN3O3S/c1-2-19(12-5-7-13(20)8-6-12)17(24)23(18(25)22-19)10-14-11-27-16(21-14)15-4-3-9-26-15/h3-9,11H,2,10H2,1H3,(H,22,25). The van der Waals surface area contributed by atoms with Crippen molar-refractivity contribution in [1.29, 1.82) is 0 Å². The molecule has 8 heteroatoms. The van der Waals surface area contributed by atoms with Gasteiger partial charge in [-0.2, -0.15) is 0 Å². The summed E-state index contributed by atoms with van der Waals surface area (Å²) in [7, 11) is 0. The van der Waals surface area contributed by atoms with Crippen LogP contribution in [0.1, 0.15) is 24.6 Å². The second-order valence-corrected chi connectivity index (χ2v) is 7.07. The van der Waals surface area contributed by atoms with E-state index in [1.165, 1.54) is 35.6 Å². The number of nitrogens with zero attached hydrogens (tertiary/aromatic N) is 2. The van der Waals surface area contributed by atoms with Crippen LogP contribution in [-0.2, 0) is 16.9 Å². The lowest BCUT2D eigenvalue weighted by Crippen LogP contribution is -2.43. The smallest absolute Gasteiger partial charge is 0.325 e. The highest BCUT2D eigenvalue weighted by atomic mass is 32.1. The normalized spacial score (nSPS) is 19.6. The molecule has 0 spiro atoms. The SMILES string of the molecule is CCC1(c2ccc(F)cc2)NC(=O)N(Cc2csc(-c3ccco3)n2)C1=O. The number of imide groups is 1. The van der Waals surface area contributed by atoms with Crippen molar-refractivity contribution in [2.75, 3.05) is 0 Å². The molecule has 1 aromatic carbocycles. The molecule has 1 saturated heterocycles. The Morgan fingerprint density at radius 3 is 2.70 bits per heavy atom. The fraction of sp³-hybridized carbons (Fsp3) is 0.211. The molecule has 2 aromatic heterocycles. The van der Waals surface area contributed by atoms with Crippen LogP contribution in [0.25, 0.3) is 10.8 Å². The van der Waals surface area contributed by atoms with Gasteiger partial charge in [0.1, 0.15) is 11.4 Å². The maximum absolute atomic E-state index is 13.3. The van der Waals surface area contributed by atoms with Crippen LogP contribution in [0.4, 0.5) is 9.18 Å². The minimum absolute atomic E-state index is 0.0603. The molecule has 1 N–H and O–H groups in total. The Morgan fingerprint density at radius 2 is 2.04 bits per heavy atom. The van der Waals surface area contributed by atoms with Crippen LogP contribution in [-0.4, -0.2) is 21.8 Å². The first-order chi connectivity index (χ1) is 13.0. The van der Waals surface area contributed by atoms with Gasteiger partial charge in [-0.15, -0.1) is 11.3 Å². The predicted molar refractivity (Wildman–Crippen MR) is 97.3 cm³/mol. The van der Waals surface area contributed by atoms with E-state index in [1.54, 1.807) is 23.8 Å². The molecule has 1 unspecified atom stereocenters. The third-order valence-electron chi connectivity index (χ3n) is 4.65. The topological polar surface area (TPSA) is 75.4 Å². The van der Waals surface area contributed by atoms with Crippen LogP contribution in [0.3, 0.4) is 0 Å². The van der Waals surface area contributed by atoms with Gasteiger partial charge in [-0.3, -0.25) is 9.69 Å². The van der Waals surface area contributed by atoms with E-state index in [4.69, 9.17) is 4.42 Å². The molecule has 0 saturated carbocycles. The van der Waals surface area contributed by atoms with Crippen LogP contribution in [0.15, 0.2) is 52.5 Å². The average molecular weight is 385 g/mol. The lowest BCUT2D eigenvalue weighted by Gasteiger charge is -2.25. The first kappa shape index (κ1) is 17.4. The van der Waals surface area contributed by atoms with Crippen molar-refractivity contribution < 1.29 is 18.4 Å². The van der Waals surface area contributed by atoms with E-state index in [-0.39, 0.29) is 12.5 Å². The number of halogens is 1. The summed E-state index contributed by atoms with van der Waals surface area (Å²) in [5.41, 5.74) is -0.0345. The number of thiazole rings is 1. The van der Waals surface area contributed by atoms with E-state index >= 15 is 0 Å².